The first kappa shape index (κ1) is 12.7. The molecule has 1 aromatic heterocycles. The molecule has 0 bridgehead atoms. The molecule has 1 unspecified atom stereocenters. The predicted molar refractivity (Wildman–Crippen MR) is 72.6 cm³/mol. The van der Waals surface area contributed by atoms with E-state index in [1.807, 2.05) is 25.1 Å². The summed E-state index contributed by atoms with van der Waals surface area (Å²) in [5.41, 5.74) is 6.43. The average Bonchev–Trinajstić information content (AvgIpc) is 2.76. The van der Waals surface area contributed by atoms with Gasteiger partial charge < -0.3 is 10.3 Å². The van der Waals surface area contributed by atoms with Gasteiger partial charge in [-0.3, -0.25) is 0 Å². The van der Waals surface area contributed by atoms with E-state index in [4.69, 9.17) is 10.3 Å². The molecule has 0 amide bonds. The number of nitrogens with zero attached hydrogens (tertiary/aromatic N) is 2. The molecule has 2 rings (SSSR count). The first-order valence-corrected chi connectivity index (χ1v) is 6.69. The Hall–Kier alpha value is -0.720. The van der Waals surface area contributed by atoms with Gasteiger partial charge in [-0.05, 0) is 18.2 Å². The van der Waals surface area contributed by atoms with Gasteiger partial charge in [-0.2, -0.15) is 4.98 Å². The maximum absolute atomic E-state index is 5.56. The molecule has 0 aliphatic rings. The zero-order valence-electron chi connectivity index (χ0n) is 9.15. The minimum Gasteiger partial charge on any atom is -0.334 e. The number of aromatic nitrogens is 2. The minimum absolute atomic E-state index is 0.100. The zero-order chi connectivity index (χ0) is 12.4. The van der Waals surface area contributed by atoms with Crippen LogP contribution in [0.4, 0.5) is 0 Å². The zero-order valence-corrected chi connectivity index (χ0v) is 12.3. The van der Waals surface area contributed by atoms with E-state index in [1.165, 1.54) is 0 Å². The van der Waals surface area contributed by atoms with Crippen LogP contribution in [0.3, 0.4) is 0 Å². The monoisotopic (exact) mass is 359 g/mol. The Labute approximate surface area is 116 Å². The van der Waals surface area contributed by atoms with E-state index in [9.17, 15) is 0 Å². The predicted octanol–water partition coefficient (Wildman–Crippen LogP) is 3.32. The highest BCUT2D eigenvalue weighted by Crippen LogP contribution is 2.27. The Kier molecular flexibility index (Phi) is 3.96. The van der Waals surface area contributed by atoms with Crippen LogP contribution in [0, 0.1) is 0 Å². The second-order valence-corrected chi connectivity index (χ2v) is 5.58. The molecule has 6 heteroatoms. The fraction of sp³-hybridized carbons (Fsp3) is 0.273. The molecule has 4 nitrogen and oxygen atoms in total. The minimum atomic E-state index is 0.100. The summed E-state index contributed by atoms with van der Waals surface area (Å²) in [6.07, 6.45) is 0. The maximum Gasteiger partial charge on any atom is 0.258 e. The lowest BCUT2D eigenvalue weighted by Gasteiger charge is -1.99. The van der Waals surface area contributed by atoms with E-state index in [0.29, 0.717) is 18.3 Å². The first-order valence-electron chi connectivity index (χ1n) is 5.10. The maximum atomic E-state index is 5.56. The van der Waals surface area contributed by atoms with Crippen molar-refractivity contribution in [3.05, 3.63) is 33.0 Å². The van der Waals surface area contributed by atoms with Crippen LogP contribution < -0.4 is 5.73 Å². The number of rotatable bonds is 3. The van der Waals surface area contributed by atoms with Crippen molar-refractivity contribution in [1.82, 2.24) is 10.1 Å². The van der Waals surface area contributed by atoms with Crippen LogP contribution in [-0.2, 0) is 0 Å². The Morgan fingerprint density at radius 1 is 1.29 bits per heavy atom. The average molecular weight is 361 g/mol. The van der Waals surface area contributed by atoms with Gasteiger partial charge in [-0.15, -0.1) is 0 Å². The molecule has 0 radical (unpaired) electrons. The Bertz CT molecular complexity index is 507. The van der Waals surface area contributed by atoms with Gasteiger partial charge in [-0.1, -0.05) is 43.9 Å². The van der Waals surface area contributed by atoms with Crippen molar-refractivity contribution in [3.63, 3.8) is 0 Å². The molecule has 1 atom stereocenters. The van der Waals surface area contributed by atoms with E-state index in [0.717, 1.165) is 14.5 Å². The highest BCUT2D eigenvalue weighted by molar-refractivity contribution is 9.11. The molecule has 0 aliphatic carbocycles. The van der Waals surface area contributed by atoms with E-state index in [-0.39, 0.29) is 5.92 Å². The van der Waals surface area contributed by atoms with Crippen molar-refractivity contribution >= 4 is 31.9 Å². The van der Waals surface area contributed by atoms with Crippen LogP contribution in [0.5, 0.6) is 0 Å². The summed E-state index contributed by atoms with van der Waals surface area (Å²) in [4.78, 5) is 4.33. The summed E-state index contributed by atoms with van der Waals surface area (Å²) >= 11 is 6.84. The molecule has 1 aromatic carbocycles. The van der Waals surface area contributed by atoms with E-state index in [2.05, 4.69) is 42.0 Å². The molecule has 17 heavy (non-hydrogen) atoms. The van der Waals surface area contributed by atoms with Gasteiger partial charge in [0.1, 0.15) is 0 Å². The quantitative estimate of drug-likeness (QED) is 0.911. The second-order valence-electron chi connectivity index (χ2n) is 3.75. The molecule has 0 aliphatic heterocycles. The molecule has 0 fully saturated rings. The molecule has 0 saturated carbocycles. The van der Waals surface area contributed by atoms with Gasteiger partial charge in [0, 0.05) is 27.0 Å². The topological polar surface area (TPSA) is 64.9 Å². The number of halogens is 2. The van der Waals surface area contributed by atoms with Crippen molar-refractivity contribution in [2.75, 3.05) is 6.54 Å². The van der Waals surface area contributed by atoms with Gasteiger partial charge in [-0.25, -0.2) is 0 Å². The van der Waals surface area contributed by atoms with Gasteiger partial charge in [0.05, 0.1) is 0 Å². The van der Waals surface area contributed by atoms with E-state index >= 15 is 0 Å². The molecule has 2 N–H and O–H groups in total. The lowest BCUT2D eigenvalue weighted by atomic mass is 10.2. The highest BCUT2D eigenvalue weighted by atomic mass is 79.9. The summed E-state index contributed by atoms with van der Waals surface area (Å²) in [5.74, 6) is 1.24. The van der Waals surface area contributed by atoms with Crippen LogP contribution in [0.2, 0.25) is 0 Å². The van der Waals surface area contributed by atoms with Crippen LogP contribution >= 0.6 is 31.9 Å². The molecule has 2 aromatic rings. The number of hydrogen-bond donors (Lipinski definition) is 1. The van der Waals surface area contributed by atoms with Crippen molar-refractivity contribution in [3.8, 4) is 11.5 Å². The fourth-order valence-electron chi connectivity index (χ4n) is 1.34. The van der Waals surface area contributed by atoms with Crippen LogP contribution in [-0.4, -0.2) is 16.7 Å². The summed E-state index contributed by atoms with van der Waals surface area (Å²) in [6.45, 7) is 2.46. The number of benzene rings is 1. The number of hydrogen-bond acceptors (Lipinski definition) is 4. The van der Waals surface area contributed by atoms with Gasteiger partial charge in [0.2, 0.25) is 0 Å². The van der Waals surface area contributed by atoms with Crippen molar-refractivity contribution in [2.24, 2.45) is 5.73 Å². The lowest BCUT2D eigenvalue weighted by Crippen LogP contribution is -2.10. The molecule has 0 spiro atoms. The second kappa shape index (κ2) is 5.29. The molecular weight excluding hydrogens is 350 g/mol. The number of nitrogens with two attached hydrogens (primary N) is 1. The van der Waals surface area contributed by atoms with Crippen molar-refractivity contribution in [1.29, 1.82) is 0 Å². The van der Waals surface area contributed by atoms with Gasteiger partial charge in [0.25, 0.3) is 5.89 Å². The van der Waals surface area contributed by atoms with Crippen molar-refractivity contribution < 1.29 is 4.52 Å². The molecular formula is C11H11Br2N3O. The van der Waals surface area contributed by atoms with Gasteiger partial charge in [0.15, 0.2) is 5.82 Å². The van der Waals surface area contributed by atoms with E-state index < -0.39 is 0 Å². The van der Waals surface area contributed by atoms with E-state index in [1.54, 1.807) is 0 Å². The lowest BCUT2D eigenvalue weighted by molar-refractivity contribution is 0.418. The Balaban J connectivity index is 2.36. The largest absolute Gasteiger partial charge is 0.334 e. The standard InChI is InChI=1S/C11H11Br2N3O/c1-6(5-14)10-15-11(17-16-10)7-2-8(12)4-9(13)3-7/h2-4,6H,5,14H2,1H3. The fourth-order valence-corrected chi connectivity index (χ4v) is 2.63. The third kappa shape index (κ3) is 2.94. The van der Waals surface area contributed by atoms with Crippen LogP contribution in [0.25, 0.3) is 11.5 Å². The summed E-state index contributed by atoms with van der Waals surface area (Å²) in [6, 6.07) is 5.80. The Morgan fingerprint density at radius 2 is 1.94 bits per heavy atom. The summed E-state index contributed by atoms with van der Waals surface area (Å²) in [5, 5.41) is 3.93. The first-order chi connectivity index (χ1) is 8.10. The molecule has 1 heterocycles. The highest BCUT2D eigenvalue weighted by Gasteiger charge is 2.14. The Morgan fingerprint density at radius 3 is 2.53 bits per heavy atom. The smallest absolute Gasteiger partial charge is 0.258 e. The SMILES string of the molecule is CC(CN)c1noc(-c2cc(Br)cc(Br)c2)n1. The normalized spacial score (nSPS) is 12.7. The van der Waals surface area contributed by atoms with Gasteiger partial charge >= 0.3 is 0 Å². The summed E-state index contributed by atoms with van der Waals surface area (Å²) in [7, 11) is 0. The molecule has 0 saturated heterocycles. The van der Waals surface area contributed by atoms with Crippen LogP contribution in [0.15, 0.2) is 31.7 Å². The third-order valence-corrected chi connectivity index (χ3v) is 3.26. The van der Waals surface area contributed by atoms with Crippen LogP contribution in [0.1, 0.15) is 18.7 Å². The third-order valence-electron chi connectivity index (χ3n) is 2.35. The molecule has 90 valence electrons. The van der Waals surface area contributed by atoms with Crippen molar-refractivity contribution in [2.45, 2.75) is 12.8 Å². The summed E-state index contributed by atoms with van der Waals surface area (Å²) < 4.78 is 7.13.